The number of rotatable bonds is 18. The number of hydrogen-bond donors (Lipinski definition) is 12. The fourth-order valence-electron chi connectivity index (χ4n) is 4.97. The summed E-state index contributed by atoms with van der Waals surface area (Å²) in [5.41, 5.74) is 2.23. The summed E-state index contributed by atoms with van der Waals surface area (Å²) in [7, 11) is 2.85. The number of benzene rings is 3. The third-order valence-corrected chi connectivity index (χ3v) is 8.19. The van der Waals surface area contributed by atoms with Gasteiger partial charge < -0.3 is 71.7 Å². The summed E-state index contributed by atoms with van der Waals surface area (Å²) in [4.78, 5) is 57.1. The minimum atomic E-state index is -1.80. The number of carbonyl (C=O) groups excluding carboxylic acids is 4. The number of nitrogens with zero attached hydrogens (tertiary/aromatic N) is 2. The van der Waals surface area contributed by atoms with Crippen LogP contribution in [0.4, 0.5) is 11.4 Å². The highest BCUT2D eigenvalue weighted by Gasteiger charge is 2.33. The molecule has 2 amide bonds. The van der Waals surface area contributed by atoms with Crippen molar-refractivity contribution in [3.05, 3.63) is 95.1 Å². The van der Waals surface area contributed by atoms with Crippen LogP contribution in [-0.2, 0) is 9.59 Å². The lowest BCUT2D eigenvalue weighted by molar-refractivity contribution is -0.120. The molecule has 0 aliphatic carbocycles. The van der Waals surface area contributed by atoms with Crippen molar-refractivity contribution >= 4 is 47.4 Å². The Bertz CT molecular complexity index is 1630. The maximum atomic E-state index is 12.9. The molecule has 3 rings (SSSR count). The van der Waals surface area contributed by atoms with E-state index in [1.165, 1.54) is 38.4 Å². The van der Waals surface area contributed by atoms with Gasteiger partial charge in [-0.3, -0.25) is 19.6 Å². The standard InChI is InChI=1S/C36H44N6O12/c1-37-33(41-25(15-43)29(49)31(51)27(47)17-45)19-7-11-23(12-8-19)39-35(53)21-3-5-22(6-4-21)36(54)40-24-13-9-20(10-14-24)34(38-2)42-26(16-44)30(50)32(52)28(48)18-46/h3-16,25-32,45-52H,17-18H2,1-2H3,(H,37,41)(H,38,42)(H,39,53)(H,40,54). The number of anilines is 2. The van der Waals surface area contributed by atoms with E-state index in [0.717, 1.165) is 0 Å². The number of nitrogens with one attached hydrogen (secondary N) is 4. The summed E-state index contributed by atoms with van der Waals surface area (Å²) in [6.07, 6.45) is -9.80. The lowest BCUT2D eigenvalue weighted by Gasteiger charge is -2.27. The summed E-state index contributed by atoms with van der Waals surface area (Å²) >= 11 is 0. The maximum Gasteiger partial charge on any atom is 0.255 e. The zero-order valence-corrected chi connectivity index (χ0v) is 29.2. The summed E-state index contributed by atoms with van der Waals surface area (Å²) in [6, 6.07) is 15.7. The van der Waals surface area contributed by atoms with Crippen LogP contribution >= 0.6 is 0 Å². The number of aldehydes is 2. The van der Waals surface area contributed by atoms with Crippen LogP contribution in [0.3, 0.4) is 0 Å². The van der Waals surface area contributed by atoms with E-state index in [1.807, 2.05) is 0 Å². The van der Waals surface area contributed by atoms with Gasteiger partial charge in [0, 0.05) is 47.7 Å². The molecule has 18 heteroatoms. The average molecular weight is 753 g/mol. The van der Waals surface area contributed by atoms with E-state index in [4.69, 9.17) is 10.2 Å². The zero-order valence-electron chi connectivity index (χ0n) is 29.2. The van der Waals surface area contributed by atoms with Gasteiger partial charge in [0.2, 0.25) is 0 Å². The molecule has 0 radical (unpaired) electrons. The van der Waals surface area contributed by atoms with E-state index in [1.54, 1.807) is 48.5 Å². The Morgan fingerprint density at radius 1 is 0.537 bits per heavy atom. The SMILES string of the molecule is CN=C(NC(C=O)C(O)C(O)C(O)CO)c1ccc(NC(=O)c2ccc(C(=O)Nc3ccc(C(=NC)NC(C=O)C(O)C(O)C(O)CO)cc3)cc2)cc1. The van der Waals surface area contributed by atoms with Gasteiger partial charge >= 0.3 is 0 Å². The Morgan fingerprint density at radius 2 is 0.833 bits per heavy atom. The average Bonchev–Trinajstić information content (AvgIpc) is 3.20. The number of hydrogen-bond acceptors (Lipinski definition) is 14. The highest BCUT2D eigenvalue weighted by Crippen LogP contribution is 2.16. The van der Waals surface area contributed by atoms with Crippen LogP contribution in [0.1, 0.15) is 31.8 Å². The third-order valence-electron chi connectivity index (χ3n) is 8.19. The van der Waals surface area contributed by atoms with Crippen molar-refractivity contribution in [3.8, 4) is 0 Å². The normalized spacial score (nSPS) is 16.4. The minimum Gasteiger partial charge on any atom is -0.394 e. The largest absolute Gasteiger partial charge is 0.394 e. The molecule has 54 heavy (non-hydrogen) atoms. The molecule has 0 aromatic heterocycles. The lowest BCUT2D eigenvalue weighted by Crippen LogP contribution is -2.53. The van der Waals surface area contributed by atoms with Crippen LogP contribution in [0.25, 0.3) is 0 Å². The Labute approximate surface area is 309 Å². The zero-order chi connectivity index (χ0) is 39.9. The van der Waals surface area contributed by atoms with E-state index in [2.05, 4.69) is 31.3 Å². The molecule has 0 heterocycles. The quantitative estimate of drug-likeness (QED) is 0.0361. The third kappa shape index (κ3) is 11.3. The molecule has 12 N–H and O–H groups in total. The van der Waals surface area contributed by atoms with Crippen molar-refractivity contribution in [1.82, 2.24) is 10.6 Å². The highest BCUT2D eigenvalue weighted by molar-refractivity contribution is 6.08. The number of aliphatic imine (C=N–C) groups is 2. The summed E-state index contributed by atoms with van der Waals surface area (Å²) in [6.45, 7) is -1.65. The molecule has 3 aromatic rings. The molecule has 3 aromatic carbocycles. The van der Waals surface area contributed by atoms with Crippen LogP contribution in [0.2, 0.25) is 0 Å². The number of amides is 2. The van der Waals surface area contributed by atoms with Crippen LogP contribution in [0, 0.1) is 0 Å². The Morgan fingerprint density at radius 3 is 1.09 bits per heavy atom. The Kier molecular flexibility index (Phi) is 16.5. The molecular weight excluding hydrogens is 708 g/mol. The second-order valence-corrected chi connectivity index (χ2v) is 11.9. The molecule has 0 aliphatic heterocycles. The smallest absolute Gasteiger partial charge is 0.255 e. The molecule has 290 valence electrons. The van der Waals surface area contributed by atoms with Crippen molar-refractivity contribution in [2.45, 2.75) is 48.7 Å². The number of amidine groups is 2. The van der Waals surface area contributed by atoms with E-state index in [9.17, 15) is 49.8 Å². The summed E-state index contributed by atoms with van der Waals surface area (Å²) in [5.74, 6) is -0.623. The van der Waals surface area contributed by atoms with E-state index in [-0.39, 0.29) is 22.8 Å². The molecule has 0 fully saturated rings. The van der Waals surface area contributed by atoms with Gasteiger partial charge in [-0.2, -0.15) is 0 Å². The van der Waals surface area contributed by atoms with Crippen LogP contribution < -0.4 is 21.3 Å². The van der Waals surface area contributed by atoms with Gasteiger partial charge in [0.15, 0.2) is 0 Å². The van der Waals surface area contributed by atoms with Crippen molar-refractivity contribution in [1.29, 1.82) is 0 Å². The van der Waals surface area contributed by atoms with Gasteiger partial charge in [0.05, 0.1) is 13.2 Å². The van der Waals surface area contributed by atoms with Gasteiger partial charge in [0.25, 0.3) is 11.8 Å². The highest BCUT2D eigenvalue weighted by atomic mass is 16.4. The minimum absolute atomic E-state index is 0.162. The first kappa shape index (κ1) is 43.0. The monoisotopic (exact) mass is 752 g/mol. The molecule has 0 saturated heterocycles. The van der Waals surface area contributed by atoms with E-state index in [0.29, 0.717) is 35.1 Å². The fraction of sp³-hybridized carbons (Fsp3) is 0.333. The first-order valence-electron chi connectivity index (χ1n) is 16.4. The molecule has 0 bridgehead atoms. The first-order valence-corrected chi connectivity index (χ1v) is 16.4. The van der Waals surface area contributed by atoms with Crippen LogP contribution in [0.15, 0.2) is 82.8 Å². The van der Waals surface area contributed by atoms with Gasteiger partial charge in [-0.05, 0) is 72.8 Å². The summed E-state index contributed by atoms with van der Waals surface area (Å²) in [5, 5.41) is 88.5. The molecule has 8 unspecified atom stereocenters. The second-order valence-electron chi connectivity index (χ2n) is 11.9. The second kappa shape index (κ2) is 20.7. The fourth-order valence-corrected chi connectivity index (χ4v) is 4.97. The number of carbonyl (C=O) groups is 4. The molecule has 8 atom stereocenters. The van der Waals surface area contributed by atoms with Crippen molar-refractivity contribution in [2.24, 2.45) is 9.98 Å². The van der Waals surface area contributed by atoms with Crippen LogP contribution in [0.5, 0.6) is 0 Å². The topological polar surface area (TPSA) is 303 Å². The van der Waals surface area contributed by atoms with Crippen molar-refractivity contribution < 1.29 is 60.0 Å². The van der Waals surface area contributed by atoms with Crippen molar-refractivity contribution in [3.63, 3.8) is 0 Å². The lowest BCUT2D eigenvalue weighted by atomic mass is 10.0. The molecule has 0 spiro atoms. The number of aliphatic hydroxyl groups is 8. The molecular formula is C36H44N6O12. The van der Waals surface area contributed by atoms with Gasteiger partial charge in [0.1, 0.15) is 73.0 Å². The first-order chi connectivity index (χ1) is 25.8. The molecule has 0 saturated carbocycles. The predicted octanol–water partition coefficient (Wildman–Crippen LogP) is -2.59. The Hall–Kier alpha value is -5.44. The number of aliphatic hydroxyl groups excluding tert-OH is 8. The van der Waals surface area contributed by atoms with Gasteiger partial charge in [-0.25, -0.2) is 0 Å². The molecule has 18 nitrogen and oxygen atoms in total. The van der Waals surface area contributed by atoms with Crippen LogP contribution in [-0.4, -0.2) is 153 Å². The van der Waals surface area contributed by atoms with E-state index < -0.39 is 73.7 Å². The van der Waals surface area contributed by atoms with Gasteiger partial charge in [-0.15, -0.1) is 0 Å². The van der Waals surface area contributed by atoms with Crippen molar-refractivity contribution in [2.75, 3.05) is 37.9 Å². The maximum absolute atomic E-state index is 12.9. The van der Waals surface area contributed by atoms with Gasteiger partial charge in [-0.1, -0.05) is 0 Å². The summed E-state index contributed by atoms with van der Waals surface area (Å²) < 4.78 is 0. The predicted molar refractivity (Wildman–Crippen MR) is 196 cm³/mol. The molecule has 0 aliphatic rings. The Balaban J connectivity index is 1.59. The van der Waals surface area contributed by atoms with E-state index >= 15 is 0 Å².